The van der Waals surface area contributed by atoms with Crippen molar-refractivity contribution in [1.29, 1.82) is 0 Å². The van der Waals surface area contributed by atoms with Crippen molar-refractivity contribution in [3.05, 3.63) is 42.0 Å². The number of benzene rings is 1. The summed E-state index contributed by atoms with van der Waals surface area (Å²) in [6, 6.07) is 6.12. The second-order valence-electron chi connectivity index (χ2n) is 6.75. The lowest BCUT2D eigenvalue weighted by Crippen LogP contribution is -2.41. The molecule has 1 fully saturated rings. The third-order valence-electron chi connectivity index (χ3n) is 4.52. The number of halogens is 2. The summed E-state index contributed by atoms with van der Waals surface area (Å²) in [4.78, 5) is 11.3. The van der Waals surface area contributed by atoms with Gasteiger partial charge in [-0.25, -0.2) is 9.37 Å². The first-order chi connectivity index (χ1) is 13.2. The standard InChI is InChI=1S/C20H27FN4O2.HI/c1-3-22-20(25(2)12-15-9-11-26-13-15)23-10-8-18-14-27-19(24-18)16-4-6-17(21)7-5-16;/h4-7,14-15H,3,8-13H2,1-2H3,(H,22,23);1H. The van der Waals surface area contributed by atoms with Gasteiger partial charge >= 0.3 is 0 Å². The van der Waals surface area contributed by atoms with Gasteiger partial charge in [0.25, 0.3) is 0 Å². The molecule has 154 valence electrons. The van der Waals surface area contributed by atoms with E-state index in [1.165, 1.54) is 12.1 Å². The van der Waals surface area contributed by atoms with Crippen molar-refractivity contribution in [2.45, 2.75) is 19.8 Å². The Labute approximate surface area is 182 Å². The van der Waals surface area contributed by atoms with Crippen LogP contribution in [0.2, 0.25) is 0 Å². The Morgan fingerprint density at radius 3 is 2.82 bits per heavy atom. The summed E-state index contributed by atoms with van der Waals surface area (Å²) in [7, 11) is 2.06. The highest BCUT2D eigenvalue weighted by Gasteiger charge is 2.19. The largest absolute Gasteiger partial charge is 0.444 e. The minimum atomic E-state index is -0.274. The van der Waals surface area contributed by atoms with Gasteiger partial charge in [0.1, 0.15) is 12.1 Å². The number of nitrogens with zero attached hydrogens (tertiary/aromatic N) is 3. The lowest BCUT2D eigenvalue weighted by atomic mass is 10.1. The van der Waals surface area contributed by atoms with Crippen LogP contribution in [0.25, 0.3) is 11.5 Å². The van der Waals surface area contributed by atoms with Gasteiger partial charge in [-0.15, -0.1) is 24.0 Å². The number of ether oxygens (including phenoxy) is 1. The SMILES string of the molecule is CCNC(=NCCc1coc(-c2ccc(F)cc2)n1)N(C)CC1CCOC1.I. The quantitative estimate of drug-likeness (QED) is 0.357. The molecule has 0 amide bonds. The Bertz CT molecular complexity index is 745. The van der Waals surface area contributed by atoms with Gasteiger partial charge in [-0.3, -0.25) is 4.99 Å². The molecule has 0 bridgehead atoms. The maximum atomic E-state index is 13.0. The average Bonchev–Trinajstić information content (AvgIpc) is 3.34. The smallest absolute Gasteiger partial charge is 0.226 e. The molecule has 1 aromatic heterocycles. The predicted molar refractivity (Wildman–Crippen MR) is 119 cm³/mol. The van der Waals surface area contributed by atoms with Crippen molar-refractivity contribution in [3.63, 3.8) is 0 Å². The zero-order valence-electron chi connectivity index (χ0n) is 16.4. The van der Waals surface area contributed by atoms with Crippen LogP contribution in [0.4, 0.5) is 4.39 Å². The normalized spacial score (nSPS) is 16.7. The van der Waals surface area contributed by atoms with Crippen molar-refractivity contribution in [2.75, 3.05) is 39.9 Å². The van der Waals surface area contributed by atoms with Crippen LogP contribution in [0, 0.1) is 11.7 Å². The predicted octanol–water partition coefficient (Wildman–Crippen LogP) is 3.58. The summed E-state index contributed by atoms with van der Waals surface area (Å²) in [5, 5.41) is 3.33. The van der Waals surface area contributed by atoms with Gasteiger partial charge in [0.05, 0.1) is 12.3 Å². The molecular weight excluding hydrogens is 474 g/mol. The van der Waals surface area contributed by atoms with E-state index in [0.29, 0.717) is 24.8 Å². The number of aliphatic imine (C=N–C) groups is 1. The van der Waals surface area contributed by atoms with Crippen LogP contribution in [-0.4, -0.2) is 55.7 Å². The van der Waals surface area contributed by atoms with E-state index in [2.05, 4.69) is 29.2 Å². The Morgan fingerprint density at radius 1 is 1.36 bits per heavy atom. The van der Waals surface area contributed by atoms with Crippen LogP contribution in [0.3, 0.4) is 0 Å². The number of oxazole rings is 1. The summed E-state index contributed by atoms with van der Waals surface area (Å²) in [6.07, 6.45) is 3.43. The monoisotopic (exact) mass is 502 g/mol. The molecule has 28 heavy (non-hydrogen) atoms. The molecule has 0 aliphatic carbocycles. The molecule has 6 nitrogen and oxygen atoms in total. The Morgan fingerprint density at radius 2 is 2.14 bits per heavy atom. The highest BCUT2D eigenvalue weighted by Crippen LogP contribution is 2.19. The molecule has 0 saturated carbocycles. The van der Waals surface area contributed by atoms with E-state index in [-0.39, 0.29) is 29.8 Å². The van der Waals surface area contributed by atoms with Gasteiger partial charge in [0.15, 0.2) is 5.96 Å². The van der Waals surface area contributed by atoms with E-state index in [0.717, 1.165) is 49.9 Å². The van der Waals surface area contributed by atoms with Gasteiger partial charge in [0, 0.05) is 51.2 Å². The van der Waals surface area contributed by atoms with Gasteiger partial charge in [-0.05, 0) is 37.6 Å². The highest BCUT2D eigenvalue weighted by atomic mass is 127. The minimum absolute atomic E-state index is 0. The Balaban J connectivity index is 0.00000280. The summed E-state index contributed by atoms with van der Waals surface area (Å²) < 4.78 is 24.0. The van der Waals surface area contributed by atoms with Crippen molar-refractivity contribution >= 4 is 29.9 Å². The fourth-order valence-corrected chi connectivity index (χ4v) is 3.09. The first kappa shape index (κ1) is 22.6. The average molecular weight is 502 g/mol. The van der Waals surface area contributed by atoms with Crippen molar-refractivity contribution in [2.24, 2.45) is 10.9 Å². The van der Waals surface area contributed by atoms with Crippen molar-refractivity contribution < 1.29 is 13.5 Å². The van der Waals surface area contributed by atoms with Crippen LogP contribution >= 0.6 is 24.0 Å². The number of nitrogens with one attached hydrogen (secondary N) is 1. The van der Waals surface area contributed by atoms with Crippen LogP contribution < -0.4 is 5.32 Å². The van der Waals surface area contributed by atoms with Crippen molar-refractivity contribution in [1.82, 2.24) is 15.2 Å². The molecule has 1 aliphatic heterocycles. The van der Waals surface area contributed by atoms with Gasteiger partial charge in [-0.1, -0.05) is 0 Å². The third-order valence-corrected chi connectivity index (χ3v) is 4.52. The van der Waals surface area contributed by atoms with E-state index >= 15 is 0 Å². The molecule has 1 aliphatic rings. The van der Waals surface area contributed by atoms with E-state index in [1.807, 2.05) is 0 Å². The van der Waals surface area contributed by atoms with Crippen molar-refractivity contribution in [3.8, 4) is 11.5 Å². The van der Waals surface area contributed by atoms with Crippen LogP contribution in [0.15, 0.2) is 39.9 Å². The molecule has 1 aromatic carbocycles. The molecule has 0 radical (unpaired) electrons. The molecule has 1 saturated heterocycles. The number of aromatic nitrogens is 1. The highest BCUT2D eigenvalue weighted by molar-refractivity contribution is 14.0. The molecular formula is C20H28FIN4O2. The first-order valence-electron chi connectivity index (χ1n) is 9.43. The minimum Gasteiger partial charge on any atom is -0.444 e. The van der Waals surface area contributed by atoms with Gasteiger partial charge in [0.2, 0.25) is 5.89 Å². The molecule has 1 N–H and O–H groups in total. The third kappa shape index (κ3) is 6.44. The van der Waals surface area contributed by atoms with Crippen LogP contribution in [0.5, 0.6) is 0 Å². The number of rotatable bonds is 7. The fourth-order valence-electron chi connectivity index (χ4n) is 3.09. The number of hydrogen-bond acceptors (Lipinski definition) is 4. The van der Waals surface area contributed by atoms with E-state index in [9.17, 15) is 4.39 Å². The summed E-state index contributed by atoms with van der Waals surface area (Å²) >= 11 is 0. The molecule has 1 atom stereocenters. The second kappa shape index (κ2) is 11.4. The molecule has 2 aromatic rings. The van der Waals surface area contributed by atoms with Gasteiger partial charge < -0.3 is 19.4 Å². The number of guanidine groups is 1. The molecule has 3 rings (SSSR count). The zero-order valence-corrected chi connectivity index (χ0v) is 18.7. The fraction of sp³-hybridized carbons (Fsp3) is 0.500. The summed E-state index contributed by atoms with van der Waals surface area (Å²) in [5.41, 5.74) is 1.60. The second-order valence-corrected chi connectivity index (χ2v) is 6.75. The zero-order chi connectivity index (χ0) is 19.1. The summed E-state index contributed by atoms with van der Waals surface area (Å²) in [6.45, 7) is 6.12. The Kier molecular flexibility index (Phi) is 9.17. The molecule has 1 unspecified atom stereocenters. The lowest BCUT2D eigenvalue weighted by molar-refractivity contribution is 0.181. The van der Waals surface area contributed by atoms with E-state index in [4.69, 9.17) is 14.1 Å². The molecule has 2 heterocycles. The maximum absolute atomic E-state index is 13.0. The summed E-state index contributed by atoms with van der Waals surface area (Å²) in [5.74, 6) is 1.68. The van der Waals surface area contributed by atoms with Crippen LogP contribution in [-0.2, 0) is 11.2 Å². The topological polar surface area (TPSA) is 62.9 Å². The lowest BCUT2D eigenvalue weighted by Gasteiger charge is -2.24. The first-order valence-corrected chi connectivity index (χ1v) is 9.43. The molecule has 8 heteroatoms. The maximum Gasteiger partial charge on any atom is 0.226 e. The van der Waals surface area contributed by atoms with E-state index in [1.54, 1.807) is 18.4 Å². The van der Waals surface area contributed by atoms with Gasteiger partial charge in [-0.2, -0.15) is 0 Å². The van der Waals surface area contributed by atoms with E-state index < -0.39 is 0 Å². The molecule has 0 spiro atoms. The Hall–Kier alpha value is -1.68. The number of hydrogen-bond donors (Lipinski definition) is 1. The van der Waals surface area contributed by atoms with Crippen LogP contribution in [0.1, 0.15) is 19.0 Å².